The van der Waals surface area contributed by atoms with Crippen molar-refractivity contribution in [3.8, 4) is 5.75 Å². The van der Waals surface area contributed by atoms with E-state index in [0.29, 0.717) is 23.1 Å². The van der Waals surface area contributed by atoms with Crippen LogP contribution in [-0.4, -0.2) is 26.5 Å². The Kier molecular flexibility index (Phi) is 4.61. The summed E-state index contributed by atoms with van der Waals surface area (Å²) in [6, 6.07) is 15.1. The molecule has 7 heteroatoms. The van der Waals surface area contributed by atoms with Gasteiger partial charge in [-0.05, 0) is 23.3 Å². The molecule has 2 aromatic carbocycles. The number of carbonyl (C=O) groups excluding carboxylic acids is 1. The fourth-order valence-electron chi connectivity index (χ4n) is 2.98. The average Bonchev–Trinajstić information content (AvgIpc) is 2.92. The molecule has 0 radical (unpaired) electrons. The van der Waals surface area contributed by atoms with Crippen LogP contribution in [-0.2, 0) is 11.3 Å². The number of nitrogens with one attached hydrogen (secondary N) is 1. The van der Waals surface area contributed by atoms with E-state index in [-0.39, 0.29) is 16.9 Å². The van der Waals surface area contributed by atoms with Gasteiger partial charge in [-0.3, -0.25) is 4.79 Å². The number of anilines is 1. The van der Waals surface area contributed by atoms with E-state index < -0.39 is 0 Å². The second kappa shape index (κ2) is 7.05. The van der Waals surface area contributed by atoms with Gasteiger partial charge in [0, 0.05) is 5.56 Å². The summed E-state index contributed by atoms with van der Waals surface area (Å²) in [4.78, 5) is 12.2. The third-order valence-corrected chi connectivity index (χ3v) is 5.83. The summed E-state index contributed by atoms with van der Waals surface area (Å²) in [5.74, 6) is 1.03. The molecule has 132 valence electrons. The first-order valence-corrected chi connectivity index (χ1v) is 9.54. The molecular weight excluding hydrogens is 370 g/mol. The number of thioether (sulfide) groups is 1. The largest absolute Gasteiger partial charge is 0.506 e. The molecule has 2 heterocycles. The van der Waals surface area contributed by atoms with Gasteiger partial charge in [-0.1, -0.05) is 48.0 Å². The Morgan fingerprint density at radius 2 is 2.08 bits per heavy atom. The number of benzene rings is 2. The molecule has 1 unspecified atom stereocenters. The number of carbonyl (C=O) groups is 1. The van der Waals surface area contributed by atoms with Gasteiger partial charge in [-0.15, -0.1) is 11.8 Å². The summed E-state index contributed by atoms with van der Waals surface area (Å²) in [6.45, 7) is 0.574. The van der Waals surface area contributed by atoms with Crippen molar-refractivity contribution >= 4 is 35.1 Å². The van der Waals surface area contributed by atoms with Crippen molar-refractivity contribution < 1.29 is 9.90 Å². The van der Waals surface area contributed by atoms with Crippen LogP contribution in [0.2, 0.25) is 5.02 Å². The van der Waals surface area contributed by atoms with E-state index in [1.807, 2.05) is 41.1 Å². The van der Waals surface area contributed by atoms with E-state index >= 15 is 0 Å². The van der Waals surface area contributed by atoms with Gasteiger partial charge >= 0.3 is 0 Å². The van der Waals surface area contributed by atoms with Crippen LogP contribution in [0.15, 0.2) is 54.7 Å². The van der Waals surface area contributed by atoms with E-state index in [4.69, 9.17) is 11.6 Å². The first kappa shape index (κ1) is 17.0. The molecule has 1 amide bonds. The fraction of sp³-hybridized carbons (Fsp3) is 0.158. The maximum Gasteiger partial charge on any atom is 0.235 e. The average molecular weight is 386 g/mol. The van der Waals surface area contributed by atoms with Gasteiger partial charge in [-0.2, -0.15) is 5.10 Å². The predicted molar refractivity (Wildman–Crippen MR) is 104 cm³/mol. The Morgan fingerprint density at radius 3 is 2.85 bits per heavy atom. The number of phenols is 1. The lowest BCUT2D eigenvalue weighted by Gasteiger charge is -2.15. The number of fused-ring (bicyclic) bond motifs is 1. The Labute approximate surface area is 160 Å². The zero-order valence-electron chi connectivity index (χ0n) is 13.7. The number of hydrogen-bond acceptors (Lipinski definition) is 4. The minimum atomic E-state index is -0.0911. The molecule has 4 rings (SSSR count). The number of aromatic hydroxyl groups is 1. The highest BCUT2D eigenvalue weighted by atomic mass is 35.5. The first-order valence-electron chi connectivity index (χ1n) is 8.11. The maximum absolute atomic E-state index is 12.2. The van der Waals surface area contributed by atoms with Crippen molar-refractivity contribution in [2.75, 3.05) is 11.1 Å². The zero-order valence-corrected chi connectivity index (χ0v) is 15.3. The van der Waals surface area contributed by atoms with Crippen LogP contribution in [0.1, 0.15) is 21.9 Å². The number of hydrogen-bond donors (Lipinski definition) is 2. The van der Waals surface area contributed by atoms with Crippen LogP contribution in [0.4, 0.5) is 5.82 Å². The third-order valence-electron chi connectivity index (χ3n) is 4.24. The molecule has 0 saturated heterocycles. The van der Waals surface area contributed by atoms with Gasteiger partial charge in [0.2, 0.25) is 5.91 Å². The normalized spacial score (nSPS) is 16.7. The van der Waals surface area contributed by atoms with Gasteiger partial charge < -0.3 is 10.4 Å². The van der Waals surface area contributed by atoms with E-state index in [1.165, 1.54) is 11.8 Å². The number of halogens is 1. The molecular formula is C19H16ClN3O2S. The summed E-state index contributed by atoms with van der Waals surface area (Å²) in [6.07, 6.45) is 1.79. The van der Waals surface area contributed by atoms with E-state index in [0.717, 1.165) is 16.7 Å². The molecule has 0 bridgehead atoms. The molecule has 1 aromatic heterocycles. The van der Waals surface area contributed by atoms with Crippen LogP contribution in [0, 0.1) is 0 Å². The highest BCUT2D eigenvalue weighted by Crippen LogP contribution is 2.43. The Hall–Kier alpha value is -2.44. The number of aromatic nitrogens is 2. The van der Waals surface area contributed by atoms with Crippen LogP contribution in [0.5, 0.6) is 5.75 Å². The summed E-state index contributed by atoms with van der Waals surface area (Å²) in [5.41, 5.74) is 2.96. The summed E-state index contributed by atoms with van der Waals surface area (Å²) in [7, 11) is 0. The molecule has 5 nitrogen and oxygen atoms in total. The van der Waals surface area contributed by atoms with E-state index in [9.17, 15) is 9.90 Å². The van der Waals surface area contributed by atoms with Crippen molar-refractivity contribution in [1.82, 2.24) is 9.78 Å². The van der Waals surface area contributed by atoms with Crippen LogP contribution >= 0.6 is 23.4 Å². The molecule has 0 aliphatic carbocycles. The van der Waals surface area contributed by atoms with Gasteiger partial charge in [0.25, 0.3) is 0 Å². The van der Waals surface area contributed by atoms with E-state index in [1.54, 1.807) is 18.3 Å². The molecule has 0 saturated carbocycles. The van der Waals surface area contributed by atoms with Crippen molar-refractivity contribution in [3.63, 3.8) is 0 Å². The second-order valence-electron chi connectivity index (χ2n) is 6.04. The van der Waals surface area contributed by atoms with Gasteiger partial charge in [-0.25, -0.2) is 4.68 Å². The van der Waals surface area contributed by atoms with Crippen molar-refractivity contribution in [2.24, 2.45) is 0 Å². The monoisotopic (exact) mass is 385 g/mol. The molecule has 2 N–H and O–H groups in total. The zero-order chi connectivity index (χ0) is 18.1. The van der Waals surface area contributed by atoms with Gasteiger partial charge in [0.15, 0.2) is 0 Å². The molecule has 1 aliphatic heterocycles. The lowest BCUT2D eigenvalue weighted by Crippen LogP contribution is -2.16. The van der Waals surface area contributed by atoms with E-state index in [2.05, 4.69) is 10.4 Å². The minimum absolute atomic E-state index is 0.0447. The number of rotatable bonds is 3. The van der Waals surface area contributed by atoms with Crippen molar-refractivity contribution in [3.05, 3.63) is 76.4 Å². The summed E-state index contributed by atoms with van der Waals surface area (Å²) < 4.78 is 1.81. The third kappa shape index (κ3) is 3.30. The Bertz CT molecular complexity index is 959. The summed E-state index contributed by atoms with van der Waals surface area (Å²) >= 11 is 7.60. The predicted octanol–water partition coefficient (Wildman–Crippen LogP) is 4.07. The standard InChI is InChI=1S/C19H16ClN3O2S/c20-15-8-13(6-7-16(15)24)18-14-9-21-23(10-12-4-2-1-3-5-12)19(14)22-17(25)11-26-18/h1-9,18,24H,10-11H2,(H,22,25). The fourth-order valence-corrected chi connectivity index (χ4v) is 4.25. The van der Waals surface area contributed by atoms with Crippen molar-refractivity contribution in [2.45, 2.75) is 11.8 Å². The number of nitrogens with zero attached hydrogens (tertiary/aromatic N) is 2. The lowest BCUT2D eigenvalue weighted by atomic mass is 10.1. The molecule has 1 atom stereocenters. The summed E-state index contributed by atoms with van der Waals surface area (Å²) in [5, 5.41) is 17.4. The maximum atomic E-state index is 12.2. The molecule has 1 aliphatic rings. The Morgan fingerprint density at radius 1 is 1.27 bits per heavy atom. The van der Waals surface area contributed by atoms with Crippen LogP contribution in [0.25, 0.3) is 0 Å². The molecule has 0 fully saturated rings. The Balaban J connectivity index is 1.74. The SMILES string of the molecule is O=C1CSC(c2ccc(O)c(Cl)c2)c2cnn(Cc3ccccc3)c2N1. The van der Waals surface area contributed by atoms with Crippen LogP contribution in [0.3, 0.4) is 0 Å². The van der Waals surface area contributed by atoms with Crippen molar-refractivity contribution in [1.29, 1.82) is 0 Å². The topological polar surface area (TPSA) is 67.1 Å². The van der Waals surface area contributed by atoms with Gasteiger partial charge in [0.05, 0.1) is 28.8 Å². The highest BCUT2D eigenvalue weighted by molar-refractivity contribution is 8.00. The first-order chi connectivity index (χ1) is 12.6. The molecule has 26 heavy (non-hydrogen) atoms. The second-order valence-corrected chi connectivity index (χ2v) is 7.54. The molecule has 0 spiro atoms. The smallest absolute Gasteiger partial charge is 0.235 e. The minimum Gasteiger partial charge on any atom is -0.506 e. The van der Waals surface area contributed by atoms with Gasteiger partial charge in [0.1, 0.15) is 11.6 Å². The van der Waals surface area contributed by atoms with Crippen LogP contribution < -0.4 is 5.32 Å². The molecule has 3 aromatic rings. The quantitative estimate of drug-likeness (QED) is 0.713. The lowest BCUT2D eigenvalue weighted by molar-refractivity contribution is -0.113. The highest BCUT2D eigenvalue weighted by Gasteiger charge is 2.28. The number of amides is 1. The number of phenolic OH excluding ortho intramolecular Hbond substituents is 1.